The van der Waals surface area contributed by atoms with Crippen LogP contribution in [0.15, 0.2) is 11.6 Å². The second kappa shape index (κ2) is 5.03. The first-order chi connectivity index (χ1) is 7.48. The van der Waals surface area contributed by atoms with E-state index >= 15 is 0 Å². The Labute approximate surface area is 92.5 Å². The van der Waals surface area contributed by atoms with E-state index in [1.54, 1.807) is 6.08 Å². The average molecular weight is 232 g/mol. The highest BCUT2D eigenvalue weighted by molar-refractivity contribution is 5.61. The Kier molecular flexibility index (Phi) is 4.17. The van der Waals surface area contributed by atoms with Crippen LogP contribution in [0.4, 0.5) is 0 Å². The second-order valence-corrected chi connectivity index (χ2v) is 3.87. The van der Waals surface area contributed by atoms with Crippen molar-refractivity contribution < 1.29 is 30.3 Å². The van der Waals surface area contributed by atoms with Crippen LogP contribution in [0.1, 0.15) is 12.8 Å². The lowest BCUT2D eigenvalue weighted by Gasteiger charge is -2.41. The molecule has 0 fully saturated rings. The highest BCUT2D eigenvalue weighted by Gasteiger charge is 2.49. The van der Waals surface area contributed by atoms with Crippen molar-refractivity contribution in [1.29, 1.82) is 0 Å². The molecule has 0 aromatic heterocycles. The Balaban J connectivity index is 2.98. The third-order valence-corrected chi connectivity index (χ3v) is 2.90. The second-order valence-electron chi connectivity index (χ2n) is 3.87. The fraction of sp³-hybridized carbons (Fsp3) is 0.700. The monoisotopic (exact) mass is 232 g/mol. The van der Waals surface area contributed by atoms with Crippen LogP contribution < -0.4 is 0 Å². The number of aliphatic hydroxyl groups excluding tert-OH is 4. The Bertz CT molecular complexity index is 289. The van der Waals surface area contributed by atoms with Gasteiger partial charge in [0.05, 0.1) is 6.61 Å². The number of carbonyl (C=O) groups is 1. The van der Waals surface area contributed by atoms with Crippen LogP contribution in [0.5, 0.6) is 0 Å². The van der Waals surface area contributed by atoms with Gasteiger partial charge in [0.25, 0.3) is 0 Å². The van der Waals surface area contributed by atoms with E-state index in [0.29, 0.717) is 18.4 Å². The molecule has 0 radical (unpaired) electrons. The minimum atomic E-state index is -2.22. The van der Waals surface area contributed by atoms with Gasteiger partial charge >= 0.3 is 0 Å². The van der Waals surface area contributed by atoms with Gasteiger partial charge in [0.2, 0.25) is 0 Å². The first kappa shape index (κ1) is 13.3. The molecule has 5 N–H and O–H groups in total. The molecule has 0 amide bonds. The molecule has 1 aliphatic carbocycles. The van der Waals surface area contributed by atoms with Gasteiger partial charge in [0.15, 0.2) is 6.29 Å². The molecule has 0 aromatic carbocycles. The summed E-state index contributed by atoms with van der Waals surface area (Å²) in [6.07, 6.45) is -2.52. The molecule has 1 rings (SSSR count). The predicted molar refractivity (Wildman–Crippen MR) is 53.4 cm³/mol. The van der Waals surface area contributed by atoms with Crippen LogP contribution in [-0.4, -0.2) is 62.3 Å². The number of aliphatic hydroxyl groups is 5. The predicted octanol–water partition coefficient (Wildman–Crippen LogP) is -2.29. The minimum Gasteiger partial charge on any atom is -0.394 e. The van der Waals surface area contributed by atoms with Crippen molar-refractivity contribution >= 4 is 6.29 Å². The molecule has 92 valence electrons. The molecule has 16 heavy (non-hydrogen) atoms. The molecule has 0 heterocycles. The number of hydrogen-bond donors (Lipinski definition) is 5. The lowest BCUT2D eigenvalue weighted by Crippen LogP contribution is -2.60. The van der Waals surface area contributed by atoms with Crippen LogP contribution in [0.25, 0.3) is 0 Å². The summed E-state index contributed by atoms with van der Waals surface area (Å²) in [5, 5.41) is 47.1. The van der Waals surface area contributed by atoms with Crippen LogP contribution >= 0.6 is 0 Å². The number of aldehydes is 1. The van der Waals surface area contributed by atoms with E-state index < -0.39 is 30.5 Å². The molecule has 0 saturated heterocycles. The molecular formula is C10H16O6. The Morgan fingerprint density at radius 2 is 2.00 bits per heavy atom. The molecule has 0 aliphatic heterocycles. The van der Waals surface area contributed by atoms with Gasteiger partial charge < -0.3 is 30.3 Å². The molecule has 4 atom stereocenters. The zero-order chi connectivity index (χ0) is 12.3. The van der Waals surface area contributed by atoms with Crippen molar-refractivity contribution in [3.63, 3.8) is 0 Å². The van der Waals surface area contributed by atoms with Gasteiger partial charge in [-0.1, -0.05) is 6.08 Å². The normalized spacial score (nSPS) is 24.7. The maximum absolute atomic E-state index is 10.5. The van der Waals surface area contributed by atoms with Crippen molar-refractivity contribution in [2.24, 2.45) is 0 Å². The molecule has 6 heteroatoms. The van der Waals surface area contributed by atoms with Crippen LogP contribution in [-0.2, 0) is 4.79 Å². The summed E-state index contributed by atoms with van der Waals surface area (Å²) < 4.78 is 0. The van der Waals surface area contributed by atoms with Gasteiger partial charge in [0, 0.05) is 0 Å². The summed E-state index contributed by atoms with van der Waals surface area (Å²) in [6.45, 7) is -0.775. The van der Waals surface area contributed by atoms with E-state index in [1.807, 2.05) is 0 Å². The lowest BCUT2D eigenvalue weighted by atomic mass is 9.74. The molecule has 4 unspecified atom stereocenters. The molecular weight excluding hydrogens is 216 g/mol. The van der Waals surface area contributed by atoms with Crippen molar-refractivity contribution in [2.45, 2.75) is 36.8 Å². The van der Waals surface area contributed by atoms with Crippen LogP contribution in [0, 0.1) is 0 Å². The highest BCUT2D eigenvalue weighted by atomic mass is 16.4. The Morgan fingerprint density at radius 3 is 2.31 bits per heavy atom. The van der Waals surface area contributed by atoms with Crippen molar-refractivity contribution in [2.75, 3.05) is 6.61 Å². The minimum absolute atomic E-state index is 0.0898. The van der Waals surface area contributed by atoms with E-state index in [4.69, 9.17) is 5.11 Å². The van der Waals surface area contributed by atoms with E-state index in [1.165, 1.54) is 0 Å². The summed E-state index contributed by atoms with van der Waals surface area (Å²) in [6, 6.07) is 0. The van der Waals surface area contributed by atoms with Crippen LogP contribution in [0.2, 0.25) is 0 Å². The summed E-state index contributed by atoms with van der Waals surface area (Å²) >= 11 is 0. The lowest BCUT2D eigenvalue weighted by molar-refractivity contribution is -0.167. The summed E-state index contributed by atoms with van der Waals surface area (Å²) in [4.78, 5) is 10.5. The molecule has 0 spiro atoms. The summed E-state index contributed by atoms with van der Waals surface area (Å²) in [5.74, 6) is 0. The number of rotatable bonds is 6. The number of carbonyl (C=O) groups excluding carboxylic acids is 1. The van der Waals surface area contributed by atoms with Crippen molar-refractivity contribution in [1.82, 2.24) is 0 Å². The van der Waals surface area contributed by atoms with E-state index in [2.05, 4.69) is 0 Å². The molecule has 1 aliphatic rings. The third-order valence-electron chi connectivity index (χ3n) is 2.90. The average Bonchev–Trinajstić information content (AvgIpc) is 2.22. The van der Waals surface area contributed by atoms with Gasteiger partial charge in [-0.05, 0) is 18.4 Å². The molecule has 0 bridgehead atoms. The standard InChI is InChI=1S/C10H16O6/c11-4-7(13)9(15)10(16,8(14)5-12)6-2-1-3-6/h2,5,7-9,11,13-16H,1,3-4H2. The van der Waals surface area contributed by atoms with Gasteiger partial charge in [-0.25, -0.2) is 0 Å². The Hall–Kier alpha value is -0.790. The third kappa shape index (κ3) is 2.02. The van der Waals surface area contributed by atoms with E-state index in [0.717, 1.165) is 0 Å². The maximum atomic E-state index is 10.5. The number of hydrogen-bond acceptors (Lipinski definition) is 6. The fourth-order valence-corrected chi connectivity index (χ4v) is 1.70. The number of allylic oxidation sites excluding steroid dienone is 1. The fourth-order valence-electron chi connectivity index (χ4n) is 1.70. The van der Waals surface area contributed by atoms with Crippen molar-refractivity contribution in [3.05, 3.63) is 11.6 Å². The largest absolute Gasteiger partial charge is 0.394 e. The quantitative estimate of drug-likeness (QED) is 0.260. The highest BCUT2D eigenvalue weighted by Crippen LogP contribution is 2.35. The summed E-state index contributed by atoms with van der Waals surface area (Å²) in [7, 11) is 0. The molecule has 0 aromatic rings. The SMILES string of the molecule is O=CC(O)C(O)(C1=CCC1)C(O)C(O)CO. The first-order valence-electron chi connectivity index (χ1n) is 5.00. The topological polar surface area (TPSA) is 118 Å². The first-order valence-corrected chi connectivity index (χ1v) is 5.00. The smallest absolute Gasteiger partial charge is 0.151 e. The summed E-state index contributed by atoms with van der Waals surface area (Å²) in [5.41, 5.74) is -1.92. The van der Waals surface area contributed by atoms with Gasteiger partial charge in [0.1, 0.15) is 23.9 Å². The van der Waals surface area contributed by atoms with Crippen molar-refractivity contribution in [3.8, 4) is 0 Å². The zero-order valence-electron chi connectivity index (χ0n) is 8.65. The van der Waals surface area contributed by atoms with Gasteiger partial charge in [-0.15, -0.1) is 0 Å². The van der Waals surface area contributed by atoms with Gasteiger partial charge in [-0.2, -0.15) is 0 Å². The van der Waals surface area contributed by atoms with E-state index in [9.17, 15) is 25.2 Å². The Morgan fingerprint density at radius 1 is 1.44 bits per heavy atom. The van der Waals surface area contributed by atoms with E-state index in [-0.39, 0.29) is 6.29 Å². The van der Waals surface area contributed by atoms with Crippen LogP contribution in [0.3, 0.4) is 0 Å². The molecule has 0 saturated carbocycles. The zero-order valence-corrected chi connectivity index (χ0v) is 8.65. The maximum Gasteiger partial charge on any atom is 0.151 e. The molecule has 6 nitrogen and oxygen atoms in total. The van der Waals surface area contributed by atoms with Gasteiger partial charge in [-0.3, -0.25) is 0 Å².